The van der Waals surface area contributed by atoms with Gasteiger partial charge in [0.05, 0.1) is 30.3 Å². The number of imidazole rings is 1. The summed E-state index contributed by atoms with van der Waals surface area (Å²) >= 11 is 0. The van der Waals surface area contributed by atoms with Gasteiger partial charge in [-0.15, -0.1) is 0 Å². The van der Waals surface area contributed by atoms with Crippen molar-refractivity contribution in [2.24, 2.45) is 0 Å². The summed E-state index contributed by atoms with van der Waals surface area (Å²) in [5.74, 6) is 1.78. The van der Waals surface area contributed by atoms with E-state index in [2.05, 4.69) is 59.1 Å². The molecule has 2 aliphatic rings. The number of fused-ring (bicyclic) bond motifs is 1. The van der Waals surface area contributed by atoms with Gasteiger partial charge in [-0.25, -0.2) is 14.6 Å². The van der Waals surface area contributed by atoms with Crippen LogP contribution in [0.25, 0.3) is 22.7 Å². The lowest BCUT2D eigenvalue weighted by Crippen LogP contribution is -2.56. The van der Waals surface area contributed by atoms with Crippen LogP contribution in [0.5, 0.6) is 0 Å². The van der Waals surface area contributed by atoms with Crippen LogP contribution in [0, 0.1) is 18.3 Å². The standard InChI is InChI=1S/C27H30N8O/c1-18(2)23-5-7-26(30-27(23)35-19(3)12-20(14-28)31-35)34-17-29-24-13-21(4-6-25(24)34)32-8-10-33(11-9-32)22-15-36-16-22/h4-7,12-13,17-18,22H,8-11,15-16H2,1-3H3. The number of pyridine rings is 1. The summed E-state index contributed by atoms with van der Waals surface area (Å²) in [5.41, 5.74) is 5.50. The molecule has 0 amide bonds. The van der Waals surface area contributed by atoms with E-state index in [1.165, 1.54) is 5.69 Å². The molecule has 36 heavy (non-hydrogen) atoms. The highest BCUT2D eigenvalue weighted by Crippen LogP contribution is 2.28. The topological polar surface area (TPSA) is 88.0 Å². The molecule has 0 aliphatic carbocycles. The molecule has 0 saturated carbocycles. The van der Waals surface area contributed by atoms with Crippen molar-refractivity contribution in [2.75, 3.05) is 44.3 Å². The number of hydrogen-bond donors (Lipinski definition) is 0. The number of rotatable bonds is 5. The molecular weight excluding hydrogens is 452 g/mol. The van der Waals surface area contributed by atoms with Crippen LogP contribution in [-0.2, 0) is 4.74 Å². The van der Waals surface area contributed by atoms with E-state index >= 15 is 0 Å². The van der Waals surface area contributed by atoms with Crippen molar-refractivity contribution in [3.05, 3.63) is 59.7 Å². The third kappa shape index (κ3) is 3.92. The first kappa shape index (κ1) is 22.7. The molecule has 0 radical (unpaired) electrons. The molecule has 184 valence electrons. The molecule has 9 heteroatoms. The largest absolute Gasteiger partial charge is 0.378 e. The summed E-state index contributed by atoms with van der Waals surface area (Å²) in [4.78, 5) is 14.7. The van der Waals surface area contributed by atoms with E-state index in [4.69, 9.17) is 14.7 Å². The van der Waals surface area contributed by atoms with Gasteiger partial charge in [-0.2, -0.15) is 10.4 Å². The van der Waals surface area contributed by atoms with Crippen LogP contribution in [0.4, 0.5) is 5.69 Å². The van der Waals surface area contributed by atoms with Gasteiger partial charge in [0.1, 0.15) is 18.2 Å². The Balaban J connectivity index is 1.31. The maximum absolute atomic E-state index is 9.32. The third-order valence-corrected chi connectivity index (χ3v) is 7.31. The van der Waals surface area contributed by atoms with Crippen LogP contribution in [0.3, 0.4) is 0 Å². The lowest BCUT2D eigenvalue weighted by molar-refractivity contribution is -0.0660. The van der Waals surface area contributed by atoms with Crippen molar-refractivity contribution in [2.45, 2.75) is 32.7 Å². The summed E-state index contributed by atoms with van der Waals surface area (Å²) < 4.78 is 9.15. The highest BCUT2D eigenvalue weighted by molar-refractivity contribution is 5.81. The first-order chi connectivity index (χ1) is 17.5. The Hall–Kier alpha value is -3.74. The van der Waals surface area contributed by atoms with Crippen molar-refractivity contribution >= 4 is 16.7 Å². The number of nitriles is 1. The quantitative estimate of drug-likeness (QED) is 0.431. The van der Waals surface area contributed by atoms with Gasteiger partial charge < -0.3 is 9.64 Å². The van der Waals surface area contributed by atoms with Crippen LogP contribution < -0.4 is 4.90 Å². The van der Waals surface area contributed by atoms with Gasteiger partial charge >= 0.3 is 0 Å². The lowest BCUT2D eigenvalue weighted by Gasteiger charge is -2.43. The number of aromatic nitrogens is 5. The van der Waals surface area contributed by atoms with Gasteiger partial charge in [0, 0.05) is 37.6 Å². The molecular formula is C27H30N8O. The monoisotopic (exact) mass is 482 g/mol. The van der Waals surface area contributed by atoms with Gasteiger partial charge in [0.15, 0.2) is 11.5 Å². The summed E-state index contributed by atoms with van der Waals surface area (Å²) in [7, 11) is 0. The van der Waals surface area contributed by atoms with Crippen LogP contribution in [0.1, 0.15) is 36.7 Å². The van der Waals surface area contributed by atoms with Crippen LogP contribution in [0.15, 0.2) is 42.7 Å². The third-order valence-electron chi connectivity index (χ3n) is 7.31. The molecule has 3 aromatic heterocycles. The number of anilines is 1. The molecule has 0 bridgehead atoms. The first-order valence-corrected chi connectivity index (χ1v) is 12.5. The number of benzene rings is 1. The van der Waals surface area contributed by atoms with Crippen LogP contribution in [0.2, 0.25) is 0 Å². The zero-order valence-electron chi connectivity index (χ0n) is 20.9. The molecule has 0 atom stereocenters. The second-order valence-electron chi connectivity index (χ2n) is 9.93. The number of ether oxygens (including phenoxy) is 1. The van der Waals surface area contributed by atoms with Crippen LogP contribution >= 0.6 is 0 Å². The maximum atomic E-state index is 9.32. The van der Waals surface area contributed by atoms with E-state index in [9.17, 15) is 5.26 Å². The Morgan fingerprint density at radius 2 is 1.86 bits per heavy atom. The Morgan fingerprint density at radius 1 is 1.06 bits per heavy atom. The second-order valence-corrected chi connectivity index (χ2v) is 9.93. The summed E-state index contributed by atoms with van der Waals surface area (Å²) in [6, 6.07) is 15.1. The minimum absolute atomic E-state index is 0.259. The minimum Gasteiger partial charge on any atom is -0.378 e. The van der Waals surface area contributed by atoms with Crippen LogP contribution in [-0.4, -0.2) is 74.7 Å². The van der Waals surface area contributed by atoms with Crippen molar-refractivity contribution < 1.29 is 4.74 Å². The zero-order chi connectivity index (χ0) is 24.8. The molecule has 2 saturated heterocycles. The van der Waals surface area contributed by atoms with E-state index in [0.29, 0.717) is 11.7 Å². The fourth-order valence-electron chi connectivity index (χ4n) is 5.11. The molecule has 0 spiro atoms. The molecule has 2 fully saturated rings. The van der Waals surface area contributed by atoms with Crippen molar-refractivity contribution in [3.8, 4) is 17.7 Å². The summed E-state index contributed by atoms with van der Waals surface area (Å²) in [6.07, 6.45) is 1.83. The molecule has 6 rings (SSSR count). The van der Waals surface area contributed by atoms with Gasteiger partial charge in [-0.05, 0) is 48.7 Å². The molecule has 4 aromatic rings. The molecule has 0 unspecified atom stereocenters. The van der Waals surface area contributed by atoms with E-state index < -0.39 is 0 Å². The number of hydrogen-bond acceptors (Lipinski definition) is 7. The zero-order valence-corrected chi connectivity index (χ0v) is 20.9. The number of nitrogens with zero attached hydrogens (tertiary/aromatic N) is 8. The fourth-order valence-corrected chi connectivity index (χ4v) is 5.11. The van der Waals surface area contributed by atoms with Crippen molar-refractivity contribution in [1.82, 2.24) is 29.2 Å². The van der Waals surface area contributed by atoms with Gasteiger partial charge in [0.25, 0.3) is 0 Å². The van der Waals surface area contributed by atoms with Gasteiger partial charge in [0.2, 0.25) is 0 Å². The van der Waals surface area contributed by atoms with E-state index in [-0.39, 0.29) is 5.92 Å². The first-order valence-electron chi connectivity index (χ1n) is 12.5. The molecule has 0 N–H and O–H groups in total. The van der Waals surface area contributed by atoms with Crippen molar-refractivity contribution in [3.63, 3.8) is 0 Å². The predicted octanol–water partition coefficient (Wildman–Crippen LogP) is 3.43. The predicted molar refractivity (Wildman–Crippen MR) is 138 cm³/mol. The molecule has 1 aromatic carbocycles. The van der Waals surface area contributed by atoms with Gasteiger partial charge in [-0.3, -0.25) is 9.47 Å². The summed E-state index contributed by atoms with van der Waals surface area (Å²) in [6.45, 7) is 12.1. The van der Waals surface area contributed by atoms with E-state index in [1.54, 1.807) is 10.7 Å². The highest BCUT2D eigenvalue weighted by Gasteiger charge is 2.29. The number of piperazine rings is 1. The highest BCUT2D eigenvalue weighted by atomic mass is 16.5. The van der Waals surface area contributed by atoms with Crippen molar-refractivity contribution in [1.29, 1.82) is 5.26 Å². The maximum Gasteiger partial charge on any atom is 0.163 e. The second kappa shape index (κ2) is 9.04. The Bertz CT molecular complexity index is 1450. The van der Waals surface area contributed by atoms with E-state index in [1.807, 2.05) is 23.9 Å². The molecule has 2 aliphatic heterocycles. The Kier molecular flexibility index (Phi) is 5.70. The minimum atomic E-state index is 0.259. The van der Waals surface area contributed by atoms with E-state index in [0.717, 1.165) is 73.3 Å². The SMILES string of the molecule is Cc1cc(C#N)nn1-c1nc(-n2cnc3cc(N4CCN(C5COC5)CC4)ccc32)ccc1C(C)C. The average molecular weight is 483 g/mol. The average Bonchev–Trinajstić information content (AvgIpc) is 3.45. The Morgan fingerprint density at radius 3 is 2.53 bits per heavy atom. The molecule has 5 heterocycles. The molecule has 9 nitrogen and oxygen atoms in total. The smallest absolute Gasteiger partial charge is 0.163 e. The fraction of sp³-hybridized carbons (Fsp3) is 0.407. The van der Waals surface area contributed by atoms with Gasteiger partial charge in [-0.1, -0.05) is 19.9 Å². The number of aryl methyl sites for hydroxylation is 1. The lowest BCUT2D eigenvalue weighted by atomic mass is 10.0. The normalized spacial score (nSPS) is 17.0. The Labute approximate surface area is 210 Å². The summed E-state index contributed by atoms with van der Waals surface area (Å²) in [5, 5.41) is 13.8.